The molecule has 0 saturated carbocycles. The number of hydrogen-bond donors (Lipinski definition) is 1. The summed E-state index contributed by atoms with van der Waals surface area (Å²) in [5.41, 5.74) is 3.51. The molecule has 4 rings (SSSR count). The molecule has 0 bridgehead atoms. The van der Waals surface area contributed by atoms with Crippen molar-refractivity contribution in [3.05, 3.63) is 70.6 Å². The molecule has 0 radical (unpaired) electrons. The minimum Gasteiger partial charge on any atom is -0.300 e. The molecule has 1 aliphatic rings. The van der Waals surface area contributed by atoms with Gasteiger partial charge in [0.15, 0.2) is 5.13 Å². The minimum atomic E-state index is -0.945. The zero-order valence-electron chi connectivity index (χ0n) is 15.3. The molecule has 1 aromatic heterocycles. The van der Waals surface area contributed by atoms with Crippen LogP contribution in [0.4, 0.5) is 5.13 Å². The highest BCUT2D eigenvalue weighted by Crippen LogP contribution is 2.27. The number of benzene rings is 2. The van der Waals surface area contributed by atoms with Gasteiger partial charge in [-0.2, -0.15) is 0 Å². The molecule has 28 heavy (non-hydrogen) atoms. The van der Waals surface area contributed by atoms with Crippen molar-refractivity contribution in [2.45, 2.75) is 19.9 Å². The zero-order chi connectivity index (χ0) is 19.8. The molecule has 2 heterocycles. The molecule has 0 aliphatic carbocycles. The highest BCUT2D eigenvalue weighted by molar-refractivity contribution is 7.14. The topological polar surface area (TPSA) is 79.4 Å². The van der Waals surface area contributed by atoms with E-state index in [1.807, 2.05) is 36.6 Å². The van der Waals surface area contributed by atoms with Crippen molar-refractivity contribution in [2.75, 3.05) is 5.32 Å². The number of amides is 3. The van der Waals surface area contributed by atoms with E-state index in [2.05, 4.69) is 10.3 Å². The molecule has 0 unspecified atom stereocenters. The van der Waals surface area contributed by atoms with E-state index in [1.54, 1.807) is 24.3 Å². The number of imide groups is 1. The summed E-state index contributed by atoms with van der Waals surface area (Å²) in [5.74, 6) is -1.37. The Kier molecular flexibility index (Phi) is 4.52. The van der Waals surface area contributed by atoms with Crippen LogP contribution in [0.5, 0.6) is 0 Å². The predicted octanol–water partition coefficient (Wildman–Crippen LogP) is 3.74. The van der Waals surface area contributed by atoms with Crippen LogP contribution < -0.4 is 5.32 Å². The van der Waals surface area contributed by atoms with Crippen LogP contribution in [-0.2, 0) is 4.79 Å². The monoisotopic (exact) mass is 391 g/mol. The van der Waals surface area contributed by atoms with E-state index in [-0.39, 0.29) is 0 Å². The Morgan fingerprint density at radius 1 is 1.04 bits per heavy atom. The minimum absolute atomic E-state index is 0.322. The van der Waals surface area contributed by atoms with Crippen LogP contribution in [0, 0.1) is 6.92 Å². The van der Waals surface area contributed by atoms with Crippen LogP contribution in [0.15, 0.2) is 53.9 Å². The van der Waals surface area contributed by atoms with Gasteiger partial charge >= 0.3 is 0 Å². The van der Waals surface area contributed by atoms with Gasteiger partial charge in [-0.1, -0.05) is 42.0 Å². The molecule has 140 valence electrons. The van der Waals surface area contributed by atoms with Crippen molar-refractivity contribution in [1.82, 2.24) is 9.88 Å². The second kappa shape index (κ2) is 7.01. The van der Waals surface area contributed by atoms with Gasteiger partial charge < -0.3 is 5.32 Å². The Balaban J connectivity index is 1.49. The first-order chi connectivity index (χ1) is 13.5. The van der Waals surface area contributed by atoms with Gasteiger partial charge in [0, 0.05) is 10.9 Å². The number of aromatic nitrogens is 1. The lowest BCUT2D eigenvalue weighted by Gasteiger charge is -2.21. The number of thiazole rings is 1. The molecule has 0 spiro atoms. The van der Waals surface area contributed by atoms with E-state index in [4.69, 9.17) is 0 Å². The smallest absolute Gasteiger partial charge is 0.262 e. The highest BCUT2D eigenvalue weighted by atomic mass is 32.1. The second-order valence-electron chi connectivity index (χ2n) is 6.60. The maximum atomic E-state index is 12.6. The van der Waals surface area contributed by atoms with E-state index >= 15 is 0 Å². The number of hydrogen-bond acceptors (Lipinski definition) is 5. The molecule has 1 aliphatic heterocycles. The predicted molar refractivity (Wildman–Crippen MR) is 107 cm³/mol. The summed E-state index contributed by atoms with van der Waals surface area (Å²) >= 11 is 1.29. The molecule has 3 aromatic rings. The molecule has 1 N–H and O–H groups in total. The van der Waals surface area contributed by atoms with Crippen LogP contribution >= 0.6 is 11.3 Å². The van der Waals surface area contributed by atoms with Gasteiger partial charge in [0.25, 0.3) is 11.8 Å². The van der Waals surface area contributed by atoms with Crippen LogP contribution in [0.2, 0.25) is 0 Å². The fraction of sp³-hybridized carbons (Fsp3) is 0.143. The Hall–Kier alpha value is -3.32. The standard InChI is InChI=1S/C21H17N3O3S/c1-12-7-9-14(10-8-12)17-11-28-21(22-17)23-18(25)13(2)24-19(26)15-5-3-4-6-16(15)20(24)27/h3-11,13H,1-2H3,(H,22,23,25)/t13-/m1/s1. The Morgan fingerprint density at radius 2 is 1.64 bits per heavy atom. The Morgan fingerprint density at radius 3 is 2.25 bits per heavy atom. The lowest BCUT2D eigenvalue weighted by molar-refractivity contribution is -0.119. The molecule has 3 amide bonds. The van der Waals surface area contributed by atoms with Gasteiger partial charge in [-0.15, -0.1) is 11.3 Å². The zero-order valence-corrected chi connectivity index (χ0v) is 16.1. The van der Waals surface area contributed by atoms with Gasteiger partial charge in [-0.25, -0.2) is 4.98 Å². The van der Waals surface area contributed by atoms with E-state index in [0.29, 0.717) is 16.3 Å². The molecular formula is C21H17N3O3S. The van der Waals surface area contributed by atoms with Crippen molar-refractivity contribution in [3.63, 3.8) is 0 Å². The first-order valence-corrected chi connectivity index (χ1v) is 9.64. The summed E-state index contributed by atoms with van der Waals surface area (Å²) in [4.78, 5) is 43.1. The first kappa shape index (κ1) is 18.1. The number of nitrogens with zero attached hydrogens (tertiary/aromatic N) is 2. The van der Waals surface area contributed by atoms with E-state index in [9.17, 15) is 14.4 Å². The quantitative estimate of drug-likeness (QED) is 0.687. The third-order valence-corrected chi connectivity index (χ3v) is 5.43. The fourth-order valence-corrected chi connectivity index (χ4v) is 3.80. The van der Waals surface area contributed by atoms with Crippen LogP contribution in [0.1, 0.15) is 33.2 Å². The number of carbonyl (C=O) groups excluding carboxylic acids is 3. The molecule has 7 heteroatoms. The lowest BCUT2D eigenvalue weighted by Crippen LogP contribution is -2.45. The van der Waals surface area contributed by atoms with E-state index < -0.39 is 23.8 Å². The number of rotatable bonds is 4. The van der Waals surface area contributed by atoms with Crippen molar-refractivity contribution < 1.29 is 14.4 Å². The second-order valence-corrected chi connectivity index (χ2v) is 7.45. The van der Waals surface area contributed by atoms with Crippen LogP contribution in [0.25, 0.3) is 11.3 Å². The maximum Gasteiger partial charge on any atom is 0.262 e. The number of fused-ring (bicyclic) bond motifs is 1. The van der Waals surface area contributed by atoms with Crippen molar-refractivity contribution in [1.29, 1.82) is 0 Å². The maximum absolute atomic E-state index is 12.6. The van der Waals surface area contributed by atoms with E-state index in [0.717, 1.165) is 21.7 Å². The molecule has 0 saturated heterocycles. The van der Waals surface area contributed by atoms with Gasteiger partial charge in [0.1, 0.15) is 6.04 Å². The number of carbonyl (C=O) groups is 3. The molecule has 2 aromatic carbocycles. The largest absolute Gasteiger partial charge is 0.300 e. The van der Waals surface area contributed by atoms with Crippen LogP contribution in [0.3, 0.4) is 0 Å². The fourth-order valence-electron chi connectivity index (χ4n) is 3.07. The van der Waals surface area contributed by atoms with Gasteiger partial charge in [-0.05, 0) is 26.0 Å². The average Bonchev–Trinajstić information content (AvgIpc) is 3.25. The van der Waals surface area contributed by atoms with E-state index in [1.165, 1.54) is 18.3 Å². The van der Waals surface area contributed by atoms with Gasteiger partial charge in [0.2, 0.25) is 5.91 Å². The summed E-state index contributed by atoms with van der Waals surface area (Å²) in [6, 6.07) is 13.6. The van der Waals surface area contributed by atoms with Gasteiger partial charge in [0.05, 0.1) is 16.8 Å². The molecule has 6 nitrogen and oxygen atoms in total. The first-order valence-electron chi connectivity index (χ1n) is 8.76. The molecule has 1 atom stereocenters. The number of aryl methyl sites for hydroxylation is 1. The third kappa shape index (κ3) is 3.10. The highest BCUT2D eigenvalue weighted by Gasteiger charge is 2.40. The Bertz CT molecular complexity index is 1050. The summed E-state index contributed by atoms with van der Waals surface area (Å²) in [6.07, 6.45) is 0. The van der Waals surface area contributed by atoms with Crippen molar-refractivity contribution >= 4 is 34.2 Å². The normalized spacial score (nSPS) is 14.1. The Labute approximate surface area is 165 Å². The number of anilines is 1. The average molecular weight is 391 g/mol. The molecular weight excluding hydrogens is 374 g/mol. The lowest BCUT2D eigenvalue weighted by atomic mass is 10.1. The van der Waals surface area contributed by atoms with Crippen LogP contribution in [-0.4, -0.2) is 33.6 Å². The third-order valence-electron chi connectivity index (χ3n) is 4.67. The summed E-state index contributed by atoms with van der Waals surface area (Å²) < 4.78 is 0. The summed E-state index contributed by atoms with van der Waals surface area (Å²) in [7, 11) is 0. The van der Waals surface area contributed by atoms with Crippen molar-refractivity contribution in [3.8, 4) is 11.3 Å². The molecule has 0 fully saturated rings. The van der Waals surface area contributed by atoms with Crippen molar-refractivity contribution in [2.24, 2.45) is 0 Å². The number of nitrogens with one attached hydrogen (secondary N) is 1. The summed E-state index contributed by atoms with van der Waals surface area (Å²) in [6.45, 7) is 3.54. The SMILES string of the molecule is Cc1ccc(-c2csc(NC(=O)[C@@H](C)N3C(=O)c4ccccc4C3=O)n2)cc1. The van der Waals surface area contributed by atoms with Gasteiger partial charge in [-0.3, -0.25) is 19.3 Å². The summed E-state index contributed by atoms with van der Waals surface area (Å²) in [5, 5.41) is 4.98.